The molecular weight excluding hydrogens is 334 g/mol. The van der Waals surface area contributed by atoms with Gasteiger partial charge in [-0.05, 0) is 62.3 Å². The molecule has 3 rings (SSSR count). The Hall–Kier alpha value is -2.73. The zero-order valence-electron chi connectivity index (χ0n) is 14.3. The molecule has 2 amide bonds. The first-order chi connectivity index (χ1) is 11.9. The van der Waals surface area contributed by atoms with Crippen LogP contribution in [0.4, 0.5) is 5.69 Å². The number of carbonyl (C=O) groups excluding carboxylic acids is 2. The maximum Gasteiger partial charge on any atom is 0.270 e. The lowest BCUT2D eigenvalue weighted by atomic mass is 10.1. The van der Waals surface area contributed by atoms with Crippen LogP contribution in [0.5, 0.6) is 0 Å². The van der Waals surface area contributed by atoms with Gasteiger partial charge in [0.1, 0.15) is 5.57 Å². The lowest BCUT2D eigenvalue weighted by Gasteiger charge is -2.29. The summed E-state index contributed by atoms with van der Waals surface area (Å²) in [5.74, 6) is -0.891. The Kier molecular flexibility index (Phi) is 4.55. The van der Waals surface area contributed by atoms with Crippen molar-refractivity contribution in [2.24, 2.45) is 0 Å². The molecule has 0 atom stereocenters. The number of aromatic nitrogens is 1. The number of hydrogen-bond donors (Lipinski definition) is 1. The Bertz CT molecular complexity index is 896. The highest BCUT2D eigenvalue weighted by Gasteiger charge is 2.35. The van der Waals surface area contributed by atoms with Gasteiger partial charge in [0, 0.05) is 18.4 Å². The minimum atomic E-state index is -0.475. The lowest BCUT2D eigenvalue weighted by molar-refractivity contribution is -0.122. The van der Waals surface area contributed by atoms with Gasteiger partial charge in [0.2, 0.25) is 0 Å². The lowest BCUT2D eigenvalue weighted by Crippen LogP contribution is -2.54. The van der Waals surface area contributed by atoms with Crippen LogP contribution < -0.4 is 10.2 Å². The van der Waals surface area contributed by atoms with Crippen LogP contribution in [0.2, 0.25) is 0 Å². The second-order valence-corrected chi connectivity index (χ2v) is 6.62. The Morgan fingerprint density at radius 2 is 1.88 bits per heavy atom. The molecule has 1 saturated heterocycles. The third kappa shape index (κ3) is 3.25. The van der Waals surface area contributed by atoms with Gasteiger partial charge in [-0.15, -0.1) is 0 Å². The Labute approximate surface area is 151 Å². The fraction of sp³-hybridized carbons (Fsp3) is 0.211. The molecule has 0 saturated carbocycles. The number of hydrogen-bond acceptors (Lipinski definition) is 3. The summed E-state index contributed by atoms with van der Waals surface area (Å²) in [4.78, 5) is 26.6. The van der Waals surface area contributed by atoms with E-state index in [1.54, 1.807) is 6.08 Å². The third-order valence-electron chi connectivity index (χ3n) is 4.10. The van der Waals surface area contributed by atoms with Crippen LogP contribution in [-0.2, 0) is 9.59 Å². The first-order valence-corrected chi connectivity index (χ1v) is 8.44. The standard InChI is InChI=1S/C19H19N3O2S/c1-12(2)21-9-8-14(11-21)10-15-17(23)20-19(25)22(18(15)24)16-7-5-4-6-13(16)3/h4-12H,1-3H3,(H,20,23,25)/b15-10-. The van der Waals surface area contributed by atoms with E-state index >= 15 is 0 Å². The van der Waals surface area contributed by atoms with Gasteiger partial charge in [-0.2, -0.15) is 0 Å². The van der Waals surface area contributed by atoms with Crippen LogP contribution >= 0.6 is 12.2 Å². The van der Waals surface area contributed by atoms with Crippen LogP contribution in [-0.4, -0.2) is 21.5 Å². The van der Waals surface area contributed by atoms with Gasteiger partial charge < -0.3 is 4.57 Å². The van der Waals surface area contributed by atoms with E-state index in [4.69, 9.17) is 12.2 Å². The smallest absolute Gasteiger partial charge is 0.270 e. The molecule has 5 nitrogen and oxygen atoms in total. The summed E-state index contributed by atoms with van der Waals surface area (Å²) in [6.45, 7) is 6.02. The number of aryl methyl sites for hydroxylation is 1. The molecule has 1 aromatic heterocycles. The van der Waals surface area contributed by atoms with E-state index in [0.717, 1.165) is 11.1 Å². The van der Waals surface area contributed by atoms with Crippen molar-refractivity contribution in [3.63, 3.8) is 0 Å². The number of amides is 2. The largest absolute Gasteiger partial charge is 0.351 e. The Morgan fingerprint density at radius 3 is 2.52 bits per heavy atom. The average Bonchev–Trinajstić information content (AvgIpc) is 3.02. The summed E-state index contributed by atoms with van der Waals surface area (Å²) < 4.78 is 2.02. The predicted molar refractivity (Wildman–Crippen MR) is 102 cm³/mol. The quantitative estimate of drug-likeness (QED) is 0.524. The number of nitrogens with one attached hydrogen (secondary N) is 1. The molecule has 0 unspecified atom stereocenters. The second kappa shape index (κ2) is 6.64. The number of para-hydroxylation sites is 1. The number of benzene rings is 1. The fourth-order valence-electron chi connectivity index (χ4n) is 2.69. The van der Waals surface area contributed by atoms with Crippen LogP contribution in [0.3, 0.4) is 0 Å². The van der Waals surface area contributed by atoms with Gasteiger partial charge >= 0.3 is 0 Å². The fourth-order valence-corrected chi connectivity index (χ4v) is 2.97. The third-order valence-corrected chi connectivity index (χ3v) is 4.39. The molecule has 0 bridgehead atoms. The van der Waals surface area contributed by atoms with E-state index in [1.807, 2.05) is 54.2 Å². The van der Waals surface area contributed by atoms with Crippen molar-refractivity contribution in [1.82, 2.24) is 9.88 Å². The second-order valence-electron chi connectivity index (χ2n) is 6.23. The highest BCUT2D eigenvalue weighted by Crippen LogP contribution is 2.25. The summed E-state index contributed by atoms with van der Waals surface area (Å²) in [5, 5.41) is 2.71. The van der Waals surface area contributed by atoms with Gasteiger partial charge in [0.15, 0.2) is 5.11 Å². The molecule has 25 heavy (non-hydrogen) atoms. The monoisotopic (exact) mass is 353 g/mol. The molecule has 1 aliphatic rings. The van der Waals surface area contributed by atoms with E-state index in [0.29, 0.717) is 11.7 Å². The highest BCUT2D eigenvalue weighted by molar-refractivity contribution is 7.80. The molecule has 1 fully saturated rings. The van der Waals surface area contributed by atoms with Gasteiger partial charge in [-0.25, -0.2) is 0 Å². The zero-order valence-corrected chi connectivity index (χ0v) is 15.1. The predicted octanol–water partition coefficient (Wildman–Crippen LogP) is 3.21. The van der Waals surface area contributed by atoms with Crippen LogP contribution in [0, 0.1) is 6.92 Å². The molecular formula is C19H19N3O2S. The van der Waals surface area contributed by atoms with Crippen molar-refractivity contribution in [3.05, 3.63) is 59.4 Å². The van der Waals surface area contributed by atoms with Gasteiger partial charge in [-0.1, -0.05) is 18.2 Å². The average molecular weight is 353 g/mol. The molecule has 2 aromatic rings. The van der Waals surface area contributed by atoms with Gasteiger partial charge in [0.25, 0.3) is 11.8 Å². The zero-order chi connectivity index (χ0) is 18.1. The first kappa shape index (κ1) is 17.1. The van der Waals surface area contributed by atoms with Crippen LogP contribution in [0.15, 0.2) is 48.3 Å². The van der Waals surface area contributed by atoms with Gasteiger partial charge in [0.05, 0.1) is 5.69 Å². The van der Waals surface area contributed by atoms with E-state index in [-0.39, 0.29) is 10.7 Å². The van der Waals surface area contributed by atoms with E-state index in [2.05, 4.69) is 19.2 Å². The summed E-state index contributed by atoms with van der Waals surface area (Å²) in [6, 6.07) is 9.61. The van der Waals surface area contributed by atoms with Crippen molar-refractivity contribution in [2.45, 2.75) is 26.8 Å². The number of thiocarbonyl (C=S) groups is 1. The highest BCUT2D eigenvalue weighted by atomic mass is 32.1. The Balaban J connectivity index is 2.00. The van der Waals surface area contributed by atoms with Crippen molar-refractivity contribution >= 4 is 40.9 Å². The summed E-state index contributed by atoms with van der Waals surface area (Å²) in [7, 11) is 0. The molecule has 1 aromatic carbocycles. The van der Waals surface area contributed by atoms with Crippen molar-refractivity contribution in [1.29, 1.82) is 0 Å². The number of anilines is 1. The maximum atomic E-state index is 12.9. The van der Waals surface area contributed by atoms with E-state index in [9.17, 15) is 9.59 Å². The normalized spacial score (nSPS) is 16.7. The number of carbonyl (C=O) groups is 2. The van der Waals surface area contributed by atoms with Crippen LogP contribution in [0.25, 0.3) is 6.08 Å². The van der Waals surface area contributed by atoms with Gasteiger partial charge in [-0.3, -0.25) is 19.8 Å². The first-order valence-electron chi connectivity index (χ1n) is 8.03. The molecule has 0 radical (unpaired) electrons. The summed E-state index contributed by atoms with van der Waals surface area (Å²) >= 11 is 5.22. The molecule has 128 valence electrons. The molecule has 0 spiro atoms. The molecule has 1 aliphatic heterocycles. The van der Waals surface area contributed by atoms with Crippen LogP contribution in [0.1, 0.15) is 31.0 Å². The van der Waals surface area contributed by atoms with Crippen molar-refractivity contribution in [3.8, 4) is 0 Å². The van der Waals surface area contributed by atoms with Crippen molar-refractivity contribution in [2.75, 3.05) is 4.90 Å². The van der Waals surface area contributed by atoms with E-state index < -0.39 is 11.8 Å². The van der Waals surface area contributed by atoms with Crippen molar-refractivity contribution < 1.29 is 9.59 Å². The number of rotatable bonds is 3. The molecule has 6 heteroatoms. The SMILES string of the molecule is Cc1ccccc1N1C(=O)/C(=C\c2ccn(C(C)C)c2)C(=O)NC1=S. The molecule has 1 N–H and O–H groups in total. The minimum absolute atomic E-state index is 0.0679. The number of nitrogens with zero attached hydrogens (tertiary/aromatic N) is 2. The van der Waals surface area contributed by atoms with E-state index in [1.165, 1.54) is 4.90 Å². The summed E-state index contributed by atoms with van der Waals surface area (Å²) in [6.07, 6.45) is 5.43. The molecule has 0 aliphatic carbocycles. The summed E-state index contributed by atoms with van der Waals surface area (Å²) in [5.41, 5.74) is 2.44. The Morgan fingerprint density at radius 1 is 1.16 bits per heavy atom. The molecule has 2 heterocycles. The minimum Gasteiger partial charge on any atom is -0.351 e. The topological polar surface area (TPSA) is 54.3 Å². The maximum absolute atomic E-state index is 12.9.